The number of imidazole rings is 1. The minimum absolute atomic E-state index is 0.0268. The number of nitrogens with one attached hydrogen (secondary N) is 1. The molecule has 1 atom stereocenters. The van der Waals surface area contributed by atoms with Crippen LogP contribution in [0, 0.1) is 11.6 Å². The van der Waals surface area contributed by atoms with E-state index in [4.69, 9.17) is 32.7 Å². The lowest BCUT2D eigenvalue weighted by Gasteiger charge is -2.23. The molecule has 0 aliphatic carbocycles. The van der Waals surface area contributed by atoms with E-state index < -0.39 is 35.1 Å². The maximum Gasteiger partial charge on any atom is 0.302 e. The second-order valence-corrected chi connectivity index (χ2v) is 9.08. The van der Waals surface area contributed by atoms with E-state index >= 15 is 0 Å². The molecule has 194 valence electrons. The van der Waals surface area contributed by atoms with Crippen molar-refractivity contribution in [1.29, 1.82) is 0 Å². The fraction of sp³-hybridized carbons (Fsp3) is 0.115. The fourth-order valence-electron chi connectivity index (χ4n) is 4.33. The third-order valence-corrected chi connectivity index (χ3v) is 6.63. The molecule has 1 amide bonds. The molecule has 2 heterocycles. The highest BCUT2D eigenvalue weighted by Gasteiger charge is 2.48. The third-order valence-electron chi connectivity index (χ3n) is 6.07. The summed E-state index contributed by atoms with van der Waals surface area (Å²) in [7, 11) is 2.81. The van der Waals surface area contributed by atoms with Crippen LogP contribution in [0.25, 0.3) is 16.8 Å². The molecule has 0 spiro atoms. The number of H-pyrrole nitrogens is 1. The van der Waals surface area contributed by atoms with Gasteiger partial charge in [-0.1, -0.05) is 35.3 Å². The number of nitrogens with zero attached hydrogens (tertiary/aromatic N) is 2. The summed E-state index contributed by atoms with van der Waals surface area (Å²) in [6, 6.07) is 9.71. The first kappa shape index (κ1) is 25.5. The van der Waals surface area contributed by atoms with Gasteiger partial charge in [-0.05, 0) is 29.8 Å². The molecule has 1 aliphatic rings. The molecule has 5 rings (SSSR count). The van der Waals surface area contributed by atoms with Gasteiger partial charge < -0.3 is 19.6 Å². The van der Waals surface area contributed by atoms with E-state index in [1.54, 1.807) is 24.3 Å². The topological polar surface area (TPSA) is 105 Å². The van der Waals surface area contributed by atoms with Gasteiger partial charge in [-0.3, -0.25) is 14.5 Å². The van der Waals surface area contributed by atoms with Crippen molar-refractivity contribution < 1.29 is 33.0 Å². The van der Waals surface area contributed by atoms with Crippen LogP contribution in [-0.2, 0) is 9.59 Å². The van der Waals surface area contributed by atoms with Gasteiger partial charge in [0.1, 0.15) is 11.5 Å². The van der Waals surface area contributed by atoms with E-state index in [0.717, 1.165) is 17.0 Å². The number of methoxy groups -OCH3 is 2. The molecule has 1 aromatic heterocycles. The van der Waals surface area contributed by atoms with Crippen LogP contribution in [0.15, 0.2) is 54.1 Å². The van der Waals surface area contributed by atoms with E-state index in [9.17, 15) is 23.5 Å². The molecule has 38 heavy (non-hydrogen) atoms. The van der Waals surface area contributed by atoms with Crippen molar-refractivity contribution in [3.8, 4) is 11.5 Å². The highest BCUT2D eigenvalue weighted by Crippen LogP contribution is 2.44. The summed E-state index contributed by atoms with van der Waals surface area (Å²) in [5.41, 5.74) is 0.269. The molecule has 0 saturated carbocycles. The minimum Gasteiger partial charge on any atom is -0.507 e. The predicted molar refractivity (Wildman–Crippen MR) is 137 cm³/mol. The van der Waals surface area contributed by atoms with Crippen LogP contribution in [0.3, 0.4) is 0 Å². The molecule has 0 bridgehead atoms. The van der Waals surface area contributed by atoms with Gasteiger partial charge in [-0.15, -0.1) is 0 Å². The first-order chi connectivity index (χ1) is 18.1. The molecule has 2 N–H and O–H groups in total. The van der Waals surface area contributed by atoms with Crippen LogP contribution >= 0.6 is 23.2 Å². The molecule has 12 heteroatoms. The lowest BCUT2D eigenvalue weighted by atomic mass is 9.95. The zero-order valence-electron chi connectivity index (χ0n) is 19.7. The highest BCUT2D eigenvalue weighted by molar-refractivity contribution is 6.51. The minimum atomic E-state index is -1.21. The number of carbonyl (C=O) groups excluding carboxylic acids is 2. The third kappa shape index (κ3) is 4.11. The number of amides is 1. The standard InChI is InChI=1S/C26H17Cl2F2N3O5/c1-37-13-5-3-4-11(6-13)21-20(22(34)12-7-14(27)24(38-2)15(28)8-12)23(35)25(36)33(21)26-31-18-9-16(29)17(30)10-19(18)32-26/h3-10,21,34H,1-2H3,(H,31,32)/b22-20+. The Bertz CT molecular complexity index is 1610. The van der Waals surface area contributed by atoms with Crippen molar-refractivity contribution in [2.75, 3.05) is 19.1 Å². The van der Waals surface area contributed by atoms with Gasteiger partial charge in [-0.2, -0.15) is 0 Å². The van der Waals surface area contributed by atoms with Crippen molar-refractivity contribution in [2.24, 2.45) is 0 Å². The Hall–Kier alpha value is -4.15. The first-order valence-electron chi connectivity index (χ1n) is 11.0. The maximum atomic E-state index is 13.8. The van der Waals surface area contributed by atoms with E-state index in [1.807, 2.05) is 0 Å². The van der Waals surface area contributed by atoms with Crippen molar-refractivity contribution in [1.82, 2.24) is 9.97 Å². The summed E-state index contributed by atoms with van der Waals surface area (Å²) in [6.45, 7) is 0. The Morgan fingerprint density at radius 1 is 1.03 bits per heavy atom. The van der Waals surface area contributed by atoms with Crippen LogP contribution in [0.4, 0.5) is 14.7 Å². The number of hydrogen-bond acceptors (Lipinski definition) is 6. The van der Waals surface area contributed by atoms with Gasteiger partial charge in [-0.25, -0.2) is 13.8 Å². The zero-order chi connectivity index (χ0) is 27.3. The second kappa shape index (κ2) is 9.62. The van der Waals surface area contributed by atoms with Gasteiger partial charge in [0.15, 0.2) is 17.4 Å². The number of ether oxygens (including phenoxy) is 2. The van der Waals surface area contributed by atoms with Gasteiger partial charge in [0, 0.05) is 17.7 Å². The number of halogens is 4. The molecule has 1 saturated heterocycles. The van der Waals surface area contributed by atoms with Gasteiger partial charge in [0.25, 0.3) is 5.78 Å². The number of hydrogen-bond donors (Lipinski definition) is 2. The van der Waals surface area contributed by atoms with Crippen LogP contribution in [-0.4, -0.2) is 41.0 Å². The molecule has 0 radical (unpaired) electrons. The Kier molecular flexibility index (Phi) is 6.46. The van der Waals surface area contributed by atoms with E-state index in [2.05, 4.69) is 9.97 Å². The van der Waals surface area contributed by atoms with Gasteiger partial charge in [0.05, 0.1) is 46.9 Å². The number of fused-ring (bicyclic) bond motifs is 1. The smallest absolute Gasteiger partial charge is 0.302 e. The van der Waals surface area contributed by atoms with Crippen molar-refractivity contribution in [2.45, 2.75) is 6.04 Å². The van der Waals surface area contributed by atoms with Gasteiger partial charge >= 0.3 is 5.91 Å². The van der Waals surface area contributed by atoms with Crippen LogP contribution in [0.1, 0.15) is 17.2 Å². The van der Waals surface area contributed by atoms with Crippen molar-refractivity contribution in [3.63, 3.8) is 0 Å². The maximum absolute atomic E-state index is 13.8. The van der Waals surface area contributed by atoms with Crippen LogP contribution in [0.5, 0.6) is 11.5 Å². The Balaban J connectivity index is 1.75. The highest BCUT2D eigenvalue weighted by atomic mass is 35.5. The number of rotatable bonds is 5. The summed E-state index contributed by atoms with van der Waals surface area (Å²) in [5.74, 6) is -4.46. The number of ketones is 1. The Morgan fingerprint density at radius 2 is 1.71 bits per heavy atom. The monoisotopic (exact) mass is 559 g/mol. The average Bonchev–Trinajstić information content (AvgIpc) is 3.41. The number of aromatic amines is 1. The summed E-state index contributed by atoms with van der Waals surface area (Å²) in [4.78, 5) is 34.7. The molecule has 1 unspecified atom stereocenters. The molecular formula is C26H17Cl2F2N3O5. The molecule has 4 aromatic rings. The summed E-state index contributed by atoms with van der Waals surface area (Å²) in [5, 5.41) is 11.4. The molecule has 8 nitrogen and oxygen atoms in total. The quantitative estimate of drug-likeness (QED) is 0.182. The second-order valence-electron chi connectivity index (χ2n) is 8.26. The van der Waals surface area contributed by atoms with E-state index in [0.29, 0.717) is 11.3 Å². The summed E-state index contributed by atoms with van der Waals surface area (Å²) >= 11 is 12.5. The van der Waals surface area contributed by atoms with E-state index in [-0.39, 0.29) is 43.9 Å². The van der Waals surface area contributed by atoms with Crippen molar-refractivity contribution >= 4 is 57.6 Å². The Labute approximate surface area is 224 Å². The Morgan fingerprint density at radius 3 is 2.37 bits per heavy atom. The van der Waals surface area contributed by atoms with Crippen LogP contribution in [0.2, 0.25) is 10.0 Å². The lowest BCUT2D eigenvalue weighted by Crippen LogP contribution is -2.30. The number of aliphatic hydroxyl groups excluding tert-OH is 1. The normalized spacial score (nSPS) is 16.9. The predicted octanol–water partition coefficient (Wildman–Crippen LogP) is 5.79. The SMILES string of the molecule is COc1cccc(C2/C(=C(\O)c3cc(Cl)c(OC)c(Cl)c3)C(=O)C(=O)N2c2nc3cc(F)c(F)cc3[nH]2)c1. The fourth-order valence-corrected chi connectivity index (χ4v) is 4.97. The average molecular weight is 560 g/mol. The van der Waals surface area contributed by atoms with Crippen molar-refractivity contribution in [3.05, 3.63) is 86.9 Å². The number of carbonyl (C=O) groups is 2. The largest absolute Gasteiger partial charge is 0.507 e. The number of anilines is 1. The number of benzene rings is 3. The first-order valence-corrected chi connectivity index (χ1v) is 11.7. The molecule has 3 aromatic carbocycles. The summed E-state index contributed by atoms with van der Waals surface area (Å²) in [6.07, 6.45) is 0. The van der Waals surface area contributed by atoms with Gasteiger partial charge in [0.2, 0.25) is 5.95 Å². The summed E-state index contributed by atoms with van der Waals surface area (Å²) < 4.78 is 38.1. The molecular weight excluding hydrogens is 543 g/mol. The van der Waals surface area contributed by atoms with Crippen LogP contribution < -0.4 is 14.4 Å². The molecule has 1 fully saturated rings. The number of aromatic nitrogens is 2. The lowest BCUT2D eigenvalue weighted by molar-refractivity contribution is -0.132. The molecule has 1 aliphatic heterocycles. The zero-order valence-corrected chi connectivity index (χ0v) is 21.2. The number of aliphatic hydroxyl groups is 1. The van der Waals surface area contributed by atoms with E-state index in [1.165, 1.54) is 26.4 Å². The number of Topliss-reactive ketones (excluding diaryl/α,β-unsaturated/α-hetero) is 1.